The second-order valence-electron chi connectivity index (χ2n) is 3.03. The van der Waals surface area contributed by atoms with E-state index >= 15 is 0 Å². The lowest BCUT2D eigenvalue weighted by molar-refractivity contribution is 1.15. The largest absolute Gasteiger partial charge is 0.259 e. The van der Waals surface area contributed by atoms with Crippen molar-refractivity contribution in [2.45, 2.75) is 10.6 Å². The van der Waals surface area contributed by atoms with Crippen LogP contribution in [-0.2, 0) is 5.75 Å². The van der Waals surface area contributed by atoms with E-state index in [1.54, 1.807) is 11.8 Å². The Kier molecular flexibility index (Phi) is 3.80. The number of hydrogen-bond donors (Lipinski definition) is 0. The van der Waals surface area contributed by atoms with Gasteiger partial charge in [0.15, 0.2) is 0 Å². The third-order valence-electron chi connectivity index (χ3n) is 1.95. The maximum Gasteiger partial charge on any atom is 0.0647 e. The van der Waals surface area contributed by atoms with Crippen LogP contribution in [0.15, 0.2) is 58.0 Å². The Bertz CT molecular complexity index is 431. The van der Waals surface area contributed by atoms with E-state index < -0.39 is 0 Å². The van der Waals surface area contributed by atoms with Gasteiger partial charge in [-0.2, -0.15) is 0 Å². The van der Waals surface area contributed by atoms with E-state index in [9.17, 15) is 0 Å². The van der Waals surface area contributed by atoms with Gasteiger partial charge < -0.3 is 0 Å². The summed E-state index contributed by atoms with van der Waals surface area (Å²) in [6.45, 7) is 0. The predicted octanol–water partition coefficient (Wildman–Crippen LogP) is 4.14. The van der Waals surface area contributed by atoms with Crippen LogP contribution in [0.5, 0.6) is 0 Å². The normalized spacial score (nSPS) is 10.2. The highest BCUT2D eigenvalue weighted by Crippen LogP contribution is 2.24. The van der Waals surface area contributed by atoms with Crippen molar-refractivity contribution in [2.75, 3.05) is 0 Å². The van der Waals surface area contributed by atoms with E-state index in [0.29, 0.717) is 0 Å². The Morgan fingerprint density at radius 2 is 1.87 bits per heavy atom. The molecule has 0 fully saturated rings. The molecule has 76 valence electrons. The van der Waals surface area contributed by atoms with Crippen LogP contribution >= 0.6 is 27.7 Å². The average molecular weight is 280 g/mol. The number of aromatic nitrogens is 1. The Morgan fingerprint density at radius 3 is 2.60 bits per heavy atom. The minimum Gasteiger partial charge on any atom is -0.259 e. The van der Waals surface area contributed by atoms with Crippen LogP contribution in [-0.4, -0.2) is 4.98 Å². The number of thioether (sulfide) groups is 1. The van der Waals surface area contributed by atoms with Crippen molar-refractivity contribution in [3.8, 4) is 0 Å². The maximum atomic E-state index is 4.33. The smallest absolute Gasteiger partial charge is 0.0647 e. The van der Waals surface area contributed by atoms with Crippen LogP contribution in [0, 0.1) is 0 Å². The minimum absolute atomic E-state index is 0.894. The molecular weight excluding hydrogens is 270 g/mol. The van der Waals surface area contributed by atoms with E-state index in [1.165, 1.54) is 4.90 Å². The first kappa shape index (κ1) is 10.7. The van der Waals surface area contributed by atoms with E-state index in [-0.39, 0.29) is 0 Å². The Hall–Kier alpha value is -0.800. The van der Waals surface area contributed by atoms with Gasteiger partial charge in [-0.05, 0) is 40.2 Å². The molecule has 0 aliphatic heterocycles. The second kappa shape index (κ2) is 5.33. The zero-order valence-corrected chi connectivity index (χ0v) is 10.5. The second-order valence-corrected chi connectivity index (χ2v) is 4.94. The molecule has 0 N–H and O–H groups in total. The Balaban J connectivity index is 2.03. The number of pyridine rings is 1. The molecule has 0 bridgehead atoms. The number of benzene rings is 1. The van der Waals surface area contributed by atoms with Crippen LogP contribution in [0.25, 0.3) is 0 Å². The summed E-state index contributed by atoms with van der Waals surface area (Å²) in [6.07, 6.45) is 1.83. The molecule has 0 saturated heterocycles. The van der Waals surface area contributed by atoms with Crippen molar-refractivity contribution in [1.82, 2.24) is 4.98 Å². The zero-order chi connectivity index (χ0) is 10.5. The molecule has 0 radical (unpaired) electrons. The lowest BCUT2D eigenvalue weighted by atomic mass is 10.4. The van der Waals surface area contributed by atoms with Gasteiger partial charge in [0.25, 0.3) is 0 Å². The van der Waals surface area contributed by atoms with E-state index in [2.05, 4.69) is 45.2 Å². The third-order valence-corrected chi connectivity index (χ3v) is 3.70. The molecule has 0 amide bonds. The molecule has 2 aromatic rings. The number of halogens is 1. The van der Waals surface area contributed by atoms with Gasteiger partial charge in [0.1, 0.15) is 0 Å². The number of hydrogen-bond acceptors (Lipinski definition) is 2. The van der Waals surface area contributed by atoms with Crippen molar-refractivity contribution >= 4 is 27.7 Å². The molecule has 2 rings (SSSR count). The molecule has 0 spiro atoms. The molecule has 0 atom stereocenters. The first-order valence-electron chi connectivity index (χ1n) is 4.63. The highest BCUT2D eigenvalue weighted by atomic mass is 79.9. The summed E-state index contributed by atoms with van der Waals surface area (Å²) in [4.78, 5) is 5.60. The van der Waals surface area contributed by atoms with Crippen molar-refractivity contribution in [1.29, 1.82) is 0 Å². The standard InChI is InChI=1S/C12H10BrNS/c13-11-7-4-8-14-12(11)9-15-10-5-2-1-3-6-10/h1-8H,9H2. The van der Waals surface area contributed by atoms with Crippen molar-refractivity contribution < 1.29 is 0 Å². The molecular formula is C12H10BrNS. The van der Waals surface area contributed by atoms with Crippen molar-refractivity contribution in [2.24, 2.45) is 0 Å². The summed E-state index contributed by atoms with van der Waals surface area (Å²) in [5.74, 6) is 0.894. The minimum atomic E-state index is 0.894. The SMILES string of the molecule is Brc1cccnc1CSc1ccccc1. The van der Waals surface area contributed by atoms with Crippen LogP contribution in [0.4, 0.5) is 0 Å². The van der Waals surface area contributed by atoms with Crippen LogP contribution in [0.3, 0.4) is 0 Å². The highest BCUT2D eigenvalue weighted by Gasteiger charge is 2.00. The van der Waals surface area contributed by atoms with Crippen LogP contribution in [0.1, 0.15) is 5.69 Å². The number of rotatable bonds is 3. The molecule has 0 unspecified atom stereocenters. The van der Waals surface area contributed by atoms with Gasteiger partial charge in [-0.3, -0.25) is 4.98 Å². The average Bonchev–Trinajstić information content (AvgIpc) is 2.29. The molecule has 1 heterocycles. The van der Waals surface area contributed by atoms with Gasteiger partial charge in [-0.15, -0.1) is 11.8 Å². The molecule has 0 saturated carbocycles. The molecule has 1 aromatic carbocycles. The van der Waals surface area contributed by atoms with Gasteiger partial charge in [-0.25, -0.2) is 0 Å². The Morgan fingerprint density at radius 1 is 1.07 bits per heavy atom. The fourth-order valence-corrected chi connectivity index (χ4v) is 2.66. The first-order chi connectivity index (χ1) is 7.36. The highest BCUT2D eigenvalue weighted by molar-refractivity contribution is 9.10. The molecule has 1 nitrogen and oxygen atoms in total. The van der Waals surface area contributed by atoms with Crippen molar-refractivity contribution in [3.63, 3.8) is 0 Å². The summed E-state index contributed by atoms with van der Waals surface area (Å²) in [6, 6.07) is 14.3. The van der Waals surface area contributed by atoms with E-state index in [1.807, 2.05) is 24.4 Å². The van der Waals surface area contributed by atoms with Gasteiger partial charge in [0.05, 0.1) is 5.69 Å². The molecule has 1 aromatic heterocycles. The van der Waals surface area contributed by atoms with Crippen molar-refractivity contribution in [3.05, 3.63) is 58.8 Å². The summed E-state index contributed by atoms with van der Waals surface area (Å²) >= 11 is 5.29. The summed E-state index contributed by atoms with van der Waals surface area (Å²) < 4.78 is 1.08. The van der Waals surface area contributed by atoms with Gasteiger partial charge >= 0.3 is 0 Å². The fraction of sp³-hybridized carbons (Fsp3) is 0.0833. The summed E-state index contributed by atoms with van der Waals surface area (Å²) in [5, 5.41) is 0. The first-order valence-corrected chi connectivity index (χ1v) is 6.41. The molecule has 0 aliphatic rings. The quantitative estimate of drug-likeness (QED) is 0.784. The lowest BCUT2D eigenvalue weighted by Gasteiger charge is -2.02. The van der Waals surface area contributed by atoms with Crippen LogP contribution < -0.4 is 0 Å². The zero-order valence-electron chi connectivity index (χ0n) is 8.06. The third kappa shape index (κ3) is 3.08. The monoisotopic (exact) mass is 279 g/mol. The molecule has 15 heavy (non-hydrogen) atoms. The molecule has 0 aliphatic carbocycles. The van der Waals surface area contributed by atoms with Gasteiger partial charge in [0, 0.05) is 21.3 Å². The van der Waals surface area contributed by atoms with Gasteiger partial charge in [0.2, 0.25) is 0 Å². The van der Waals surface area contributed by atoms with E-state index in [0.717, 1.165) is 15.9 Å². The topological polar surface area (TPSA) is 12.9 Å². The van der Waals surface area contributed by atoms with Gasteiger partial charge in [-0.1, -0.05) is 18.2 Å². The lowest BCUT2D eigenvalue weighted by Crippen LogP contribution is -1.87. The summed E-state index contributed by atoms with van der Waals surface area (Å²) in [5.41, 5.74) is 1.09. The summed E-state index contributed by atoms with van der Waals surface area (Å²) in [7, 11) is 0. The maximum absolute atomic E-state index is 4.33. The van der Waals surface area contributed by atoms with E-state index in [4.69, 9.17) is 0 Å². The Labute approximate surface area is 102 Å². The van der Waals surface area contributed by atoms with Crippen LogP contribution in [0.2, 0.25) is 0 Å². The number of nitrogens with zero attached hydrogens (tertiary/aromatic N) is 1. The predicted molar refractivity (Wildman–Crippen MR) is 67.9 cm³/mol. The fourth-order valence-electron chi connectivity index (χ4n) is 1.19. The molecule has 3 heteroatoms.